The third-order valence-electron chi connectivity index (χ3n) is 2.39. The quantitative estimate of drug-likeness (QED) is 0.751. The van der Waals surface area contributed by atoms with Crippen LogP contribution >= 0.6 is 11.6 Å². The van der Waals surface area contributed by atoms with Crippen molar-refractivity contribution in [3.05, 3.63) is 30.3 Å². The second kappa shape index (κ2) is 3.77. The molecule has 1 aromatic rings. The minimum Gasteiger partial charge on any atom is -0.346 e. The van der Waals surface area contributed by atoms with Crippen molar-refractivity contribution >= 4 is 21.4 Å². The van der Waals surface area contributed by atoms with Crippen molar-refractivity contribution in [2.24, 2.45) is 0 Å². The first-order chi connectivity index (χ1) is 7.06. The molecule has 1 aliphatic rings. The highest BCUT2D eigenvalue weighted by atomic mass is 35.5. The Morgan fingerprint density at radius 1 is 1.27 bits per heavy atom. The van der Waals surface area contributed by atoms with E-state index < -0.39 is 14.2 Å². The molecule has 0 bridgehead atoms. The van der Waals surface area contributed by atoms with E-state index in [9.17, 15) is 8.42 Å². The standard InChI is InChI=1S/C10H11ClO3S/c11-10(7-4-8-14-10)15(12,13)9-5-2-1-3-6-9/h1-3,5-6H,4,7-8H2. The Labute approximate surface area is 93.9 Å². The fraction of sp³-hybridized carbons (Fsp3) is 0.400. The van der Waals surface area contributed by atoms with E-state index in [1.54, 1.807) is 18.2 Å². The molecule has 0 saturated carbocycles. The predicted octanol–water partition coefficient (Wildman–Crippen LogP) is 2.16. The maximum atomic E-state index is 12.1. The summed E-state index contributed by atoms with van der Waals surface area (Å²) in [6, 6.07) is 8.15. The Hall–Kier alpha value is -0.580. The molecular formula is C10H11ClO3S. The molecule has 1 aromatic carbocycles. The van der Waals surface area contributed by atoms with Gasteiger partial charge in [0.1, 0.15) is 0 Å². The van der Waals surface area contributed by atoms with Gasteiger partial charge in [-0.25, -0.2) is 8.42 Å². The summed E-state index contributed by atoms with van der Waals surface area (Å²) in [4.78, 5) is 0.210. The lowest BCUT2D eigenvalue weighted by Crippen LogP contribution is -2.31. The van der Waals surface area contributed by atoms with Crippen molar-refractivity contribution in [3.8, 4) is 0 Å². The van der Waals surface area contributed by atoms with Crippen LogP contribution < -0.4 is 0 Å². The molecule has 82 valence electrons. The van der Waals surface area contributed by atoms with Crippen molar-refractivity contribution in [1.82, 2.24) is 0 Å². The summed E-state index contributed by atoms with van der Waals surface area (Å²) in [5.74, 6) is 0. The largest absolute Gasteiger partial charge is 0.346 e. The number of rotatable bonds is 2. The lowest BCUT2D eigenvalue weighted by molar-refractivity contribution is 0.135. The number of hydrogen-bond donors (Lipinski definition) is 0. The Morgan fingerprint density at radius 2 is 1.93 bits per heavy atom. The van der Waals surface area contributed by atoms with Gasteiger partial charge >= 0.3 is 0 Å². The molecule has 1 unspecified atom stereocenters. The molecule has 1 atom stereocenters. The van der Waals surface area contributed by atoms with Crippen LogP contribution in [-0.4, -0.2) is 19.4 Å². The van der Waals surface area contributed by atoms with Gasteiger partial charge in [0.2, 0.25) is 14.2 Å². The summed E-state index contributed by atoms with van der Waals surface area (Å²) in [6.07, 6.45) is 1.02. The topological polar surface area (TPSA) is 43.4 Å². The molecule has 15 heavy (non-hydrogen) atoms. The van der Waals surface area contributed by atoms with Crippen LogP contribution in [0.1, 0.15) is 12.8 Å². The van der Waals surface area contributed by atoms with Gasteiger partial charge in [-0.3, -0.25) is 0 Å². The molecule has 1 heterocycles. The van der Waals surface area contributed by atoms with Crippen LogP contribution in [-0.2, 0) is 14.6 Å². The summed E-state index contributed by atoms with van der Waals surface area (Å²) < 4.78 is 27.8. The minimum absolute atomic E-state index is 0.210. The zero-order valence-electron chi connectivity index (χ0n) is 8.02. The number of sulfone groups is 1. The van der Waals surface area contributed by atoms with Gasteiger partial charge in [0, 0.05) is 6.42 Å². The molecule has 5 heteroatoms. The first-order valence-corrected chi connectivity index (χ1v) is 6.55. The monoisotopic (exact) mass is 246 g/mol. The minimum atomic E-state index is -3.60. The molecule has 1 saturated heterocycles. The van der Waals surface area contributed by atoms with Crippen LogP contribution in [0.2, 0.25) is 0 Å². The van der Waals surface area contributed by atoms with Crippen LogP contribution in [0.4, 0.5) is 0 Å². The summed E-state index contributed by atoms with van der Waals surface area (Å²) >= 11 is 5.99. The summed E-state index contributed by atoms with van der Waals surface area (Å²) in [5.41, 5.74) is 0. The maximum absolute atomic E-state index is 12.1. The van der Waals surface area contributed by atoms with E-state index in [1.165, 1.54) is 12.1 Å². The zero-order valence-corrected chi connectivity index (χ0v) is 9.59. The Kier molecular flexibility index (Phi) is 2.75. The van der Waals surface area contributed by atoms with Crippen molar-refractivity contribution < 1.29 is 13.2 Å². The lowest BCUT2D eigenvalue weighted by atomic mass is 10.4. The Balaban J connectivity index is 2.44. The second-order valence-corrected chi connectivity index (χ2v) is 6.40. The molecule has 0 spiro atoms. The maximum Gasteiger partial charge on any atom is 0.248 e. The van der Waals surface area contributed by atoms with E-state index in [2.05, 4.69) is 0 Å². The number of halogens is 1. The molecule has 0 amide bonds. The van der Waals surface area contributed by atoms with Gasteiger partial charge in [-0.2, -0.15) is 0 Å². The molecule has 0 N–H and O–H groups in total. The zero-order chi connectivity index (χ0) is 10.9. The number of alkyl halides is 1. The van der Waals surface area contributed by atoms with Crippen molar-refractivity contribution in [2.75, 3.05) is 6.61 Å². The smallest absolute Gasteiger partial charge is 0.248 e. The Morgan fingerprint density at radius 3 is 2.47 bits per heavy atom. The van der Waals surface area contributed by atoms with Crippen LogP contribution in [0.3, 0.4) is 0 Å². The average Bonchev–Trinajstić information content (AvgIpc) is 2.68. The van der Waals surface area contributed by atoms with Crippen LogP contribution in [0.25, 0.3) is 0 Å². The fourth-order valence-electron chi connectivity index (χ4n) is 1.57. The third-order valence-corrected chi connectivity index (χ3v) is 5.32. The van der Waals surface area contributed by atoms with E-state index in [1.807, 2.05) is 0 Å². The van der Waals surface area contributed by atoms with Crippen molar-refractivity contribution in [2.45, 2.75) is 22.1 Å². The van der Waals surface area contributed by atoms with Crippen LogP contribution in [0, 0.1) is 0 Å². The normalized spacial score (nSPS) is 26.7. The van der Waals surface area contributed by atoms with Gasteiger partial charge in [-0.1, -0.05) is 29.8 Å². The molecular weight excluding hydrogens is 236 g/mol. The van der Waals surface area contributed by atoms with Gasteiger partial charge in [0.05, 0.1) is 11.5 Å². The van der Waals surface area contributed by atoms with Gasteiger partial charge in [0.25, 0.3) is 0 Å². The molecule has 1 fully saturated rings. The molecule has 0 radical (unpaired) electrons. The van der Waals surface area contributed by atoms with Gasteiger partial charge in [-0.05, 0) is 18.6 Å². The second-order valence-electron chi connectivity index (χ2n) is 3.43. The highest BCUT2D eigenvalue weighted by molar-refractivity contribution is 7.94. The molecule has 3 nitrogen and oxygen atoms in total. The molecule has 2 rings (SSSR count). The first-order valence-electron chi connectivity index (χ1n) is 4.69. The first kappa shape index (κ1) is 10.9. The third kappa shape index (κ3) is 1.77. The van der Waals surface area contributed by atoms with Crippen LogP contribution in [0.5, 0.6) is 0 Å². The van der Waals surface area contributed by atoms with E-state index >= 15 is 0 Å². The summed E-state index contributed by atoms with van der Waals surface area (Å²) in [5, 5.41) is 0. The average molecular weight is 247 g/mol. The Bertz CT molecular complexity index is 435. The van der Waals surface area contributed by atoms with Gasteiger partial charge < -0.3 is 4.74 Å². The predicted molar refractivity (Wildman–Crippen MR) is 57.4 cm³/mol. The number of hydrogen-bond acceptors (Lipinski definition) is 3. The molecule has 1 aliphatic heterocycles. The van der Waals surface area contributed by atoms with Gasteiger partial charge in [0.15, 0.2) is 0 Å². The van der Waals surface area contributed by atoms with E-state index in [4.69, 9.17) is 16.3 Å². The van der Waals surface area contributed by atoms with E-state index in [0.717, 1.165) is 0 Å². The van der Waals surface area contributed by atoms with E-state index in [-0.39, 0.29) is 4.90 Å². The number of benzene rings is 1. The van der Waals surface area contributed by atoms with Crippen molar-refractivity contribution in [1.29, 1.82) is 0 Å². The molecule has 0 aromatic heterocycles. The summed E-state index contributed by atoms with van der Waals surface area (Å²) in [7, 11) is -3.60. The highest BCUT2D eigenvalue weighted by Gasteiger charge is 2.46. The van der Waals surface area contributed by atoms with E-state index in [0.29, 0.717) is 19.4 Å². The molecule has 0 aliphatic carbocycles. The fourth-order valence-corrected chi connectivity index (χ4v) is 3.56. The summed E-state index contributed by atoms with van der Waals surface area (Å²) in [6.45, 7) is 0.398. The number of ether oxygens (including phenoxy) is 1. The van der Waals surface area contributed by atoms with Gasteiger partial charge in [-0.15, -0.1) is 0 Å². The highest BCUT2D eigenvalue weighted by Crippen LogP contribution is 2.39. The SMILES string of the molecule is O=S(=O)(c1ccccc1)C1(Cl)CCCO1. The van der Waals surface area contributed by atoms with Crippen LogP contribution in [0.15, 0.2) is 35.2 Å². The van der Waals surface area contributed by atoms with Crippen molar-refractivity contribution in [3.63, 3.8) is 0 Å². The lowest BCUT2D eigenvalue weighted by Gasteiger charge is -2.20.